The second kappa shape index (κ2) is 9.59. The molecule has 0 bridgehead atoms. The zero-order valence-corrected chi connectivity index (χ0v) is 18.0. The predicted octanol–water partition coefficient (Wildman–Crippen LogP) is 4.00. The first kappa shape index (κ1) is 22.3. The number of nitro benzene ring substituents is 1. The number of carbonyl (C=O) groups excluding carboxylic acids is 2. The van der Waals surface area contributed by atoms with Crippen molar-refractivity contribution in [1.82, 2.24) is 0 Å². The summed E-state index contributed by atoms with van der Waals surface area (Å²) in [5.41, 5.74) is 3.34. The molecule has 1 aliphatic rings. The zero-order chi connectivity index (χ0) is 22.5. The lowest BCUT2D eigenvalue weighted by atomic mass is 9.96. The fraction of sp³-hybridized carbons (Fsp3) is 0.391. The first-order chi connectivity index (χ1) is 14.8. The van der Waals surface area contributed by atoms with E-state index in [4.69, 9.17) is 4.74 Å². The molecule has 1 atom stereocenters. The molecule has 1 heterocycles. The Bertz CT molecular complexity index is 983. The van der Waals surface area contributed by atoms with Gasteiger partial charge in [-0.1, -0.05) is 29.8 Å². The number of nitro groups is 1. The zero-order valence-electron chi connectivity index (χ0n) is 18.0. The molecule has 1 amide bonds. The van der Waals surface area contributed by atoms with Crippen LogP contribution in [-0.4, -0.2) is 36.0 Å². The molecule has 0 aromatic heterocycles. The molecule has 2 aromatic carbocycles. The van der Waals surface area contributed by atoms with E-state index in [0.29, 0.717) is 37.3 Å². The number of anilines is 2. The van der Waals surface area contributed by atoms with Gasteiger partial charge >= 0.3 is 5.97 Å². The normalized spacial score (nSPS) is 15.3. The molecule has 31 heavy (non-hydrogen) atoms. The van der Waals surface area contributed by atoms with Crippen molar-refractivity contribution in [2.75, 3.05) is 23.3 Å². The van der Waals surface area contributed by atoms with Crippen molar-refractivity contribution in [3.8, 4) is 0 Å². The Labute approximate surface area is 181 Å². The quantitative estimate of drug-likeness (QED) is 0.426. The van der Waals surface area contributed by atoms with Crippen LogP contribution in [0.2, 0.25) is 0 Å². The van der Waals surface area contributed by atoms with Gasteiger partial charge in [0.2, 0.25) is 0 Å². The third kappa shape index (κ3) is 5.39. The topological polar surface area (TPSA) is 102 Å². The smallest absolute Gasteiger partial charge is 0.309 e. The Morgan fingerprint density at radius 2 is 1.84 bits per heavy atom. The lowest BCUT2D eigenvalue weighted by Gasteiger charge is -2.32. The molecule has 1 N–H and O–H groups in total. The van der Waals surface area contributed by atoms with Gasteiger partial charge in [0.1, 0.15) is 5.69 Å². The average Bonchev–Trinajstić information content (AvgIpc) is 2.75. The molecule has 0 aliphatic carbocycles. The van der Waals surface area contributed by atoms with E-state index in [1.54, 1.807) is 25.1 Å². The van der Waals surface area contributed by atoms with Gasteiger partial charge in [-0.3, -0.25) is 19.7 Å². The first-order valence-electron chi connectivity index (χ1n) is 10.3. The fourth-order valence-corrected chi connectivity index (χ4v) is 3.75. The maximum absolute atomic E-state index is 12.6. The minimum Gasteiger partial charge on any atom is -0.452 e. The minimum absolute atomic E-state index is 0.0558. The standard InChI is InChI=1S/C23H27N3O5/c1-15-8-9-19(16(2)14-15)24-22(27)17(3)31-23(28)18-10-12-25(13-11-18)20-6-4-5-7-21(20)26(29)30/h4-9,14,17-18H,10-13H2,1-3H3,(H,24,27)/t17-/m1/s1. The largest absolute Gasteiger partial charge is 0.452 e. The third-order valence-electron chi connectivity index (χ3n) is 5.55. The molecular weight excluding hydrogens is 398 g/mol. The van der Waals surface area contributed by atoms with Crippen LogP contribution in [0.5, 0.6) is 0 Å². The maximum Gasteiger partial charge on any atom is 0.309 e. The Morgan fingerprint density at radius 3 is 2.48 bits per heavy atom. The first-order valence-corrected chi connectivity index (χ1v) is 10.3. The molecule has 1 aliphatic heterocycles. The summed E-state index contributed by atoms with van der Waals surface area (Å²) in [6.07, 6.45) is 0.105. The summed E-state index contributed by atoms with van der Waals surface area (Å²) in [5, 5.41) is 14.1. The number of nitrogens with one attached hydrogen (secondary N) is 1. The third-order valence-corrected chi connectivity index (χ3v) is 5.55. The van der Waals surface area contributed by atoms with Gasteiger partial charge in [-0.25, -0.2) is 0 Å². The van der Waals surface area contributed by atoms with Crippen LogP contribution in [0, 0.1) is 29.9 Å². The van der Waals surface area contributed by atoms with E-state index in [1.807, 2.05) is 36.9 Å². The number of amides is 1. The molecule has 0 saturated carbocycles. The highest BCUT2D eigenvalue weighted by Gasteiger charge is 2.30. The Kier molecular flexibility index (Phi) is 6.89. The van der Waals surface area contributed by atoms with Crippen LogP contribution < -0.4 is 10.2 Å². The number of rotatable bonds is 6. The van der Waals surface area contributed by atoms with Crippen molar-refractivity contribution in [1.29, 1.82) is 0 Å². The van der Waals surface area contributed by atoms with Gasteiger partial charge in [0.05, 0.1) is 10.8 Å². The minimum atomic E-state index is -0.915. The molecule has 164 valence electrons. The van der Waals surface area contributed by atoms with Gasteiger partial charge in [0.15, 0.2) is 6.10 Å². The number of aryl methyl sites for hydroxylation is 2. The van der Waals surface area contributed by atoms with E-state index in [2.05, 4.69) is 5.32 Å². The molecule has 2 aromatic rings. The Morgan fingerprint density at radius 1 is 1.16 bits per heavy atom. The van der Waals surface area contributed by atoms with Gasteiger partial charge in [-0.15, -0.1) is 0 Å². The van der Waals surface area contributed by atoms with Gasteiger partial charge in [-0.05, 0) is 51.3 Å². The van der Waals surface area contributed by atoms with Gasteiger partial charge in [0, 0.05) is 24.8 Å². The summed E-state index contributed by atoms with van der Waals surface area (Å²) in [4.78, 5) is 37.8. The van der Waals surface area contributed by atoms with Crippen LogP contribution in [-0.2, 0) is 14.3 Å². The number of nitrogens with zero attached hydrogens (tertiary/aromatic N) is 2. The summed E-state index contributed by atoms with van der Waals surface area (Å²) in [5.74, 6) is -1.13. The highest BCUT2D eigenvalue weighted by Crippen LogP contribution is 2.31. The number of hydrogen-bond donors (Lipinski definition) is 1. The Balaban J connectivity index is 1.54. The van der Waals surface area contributed by atoms with Crippen molar-refractivity contribution >= 4 is 28.9 Å². The van der Waals surface area contributed by atoms with E-state index >= 15 is 0 Å². The lowest BCUT2D eigenvalue weighted by molar-refractivity contribution is -0.384. The summed E-state index contributed by atoms with van der Waals surface area (Å²) < 4.78 is 5.41. The summed E-state index contributed by atoms with van der Waals surface area (Å²) in [6.45, 7) is 6.45. The monoisotopic (exact) mass is 425 g/mol. The van der Waals surface area contributed by atoms with Crippen LogP contribution >= 0.6 is 0 Å². The van der Waals surface area contributed by atoms with Crippen molar-refractivity contribution < 1.29 is 19.2 Å². The molecule has 0 spiro atoms. The highest BCUT2D eigenvalue weighted by molar-refractivity contribution is 5.95. The van der Waals surface area contributed by atoms with Crippen molar-refractivity contribution in [2.45, 2.75) is 39.7 Å². The van der Waals surface area contributed by atoms with Crippen molar-refractivity contribution in [3.05, 3.63) is 63.7 Å². The van der Waals surface area contributed by atoms with Crippen molar-refractivity contribution in [3.63, 3.8) is 0 Å². The van der Waals surface area contributed by atoms with E-state index in [9.17, 15) is 19.7 Å². The number of benzene rings is 2. The molecule has 3 rings (SSSR count). The van der Waals surface area contributed by atoms with E-state index in [-0.39, 0.29) is 17.5 Å². The summed E-state index contributed by atoms with van der Waals surface area (Å²) >= 11 is 0. The number of para-hydroxylation sites is 2. The molecule has 1 saturated heterocycles. The molecule has 0 radical (unpaired) electrons. The second-order valence-electron chi connectivity index (χ2n) is 7.89. The SMILES string of the molecule is Cc1ccc(NC(=O)[C@@H](C)OC(=O)C2CCN(c3ccccc3[N+](=O)[O-])CC2)c(C)c1. The van der Waals surface area contributed by atoms with Gasteiger partial charge < -0.3 is 15.0 Å². The van der Waals surface area contributed by atoms with Crippen molar-refractivity contribution in [2.24, 2.45) is 5.92 Å². The maximum atomic E-state index is 12.6. The van der Waals surface area contributed by atoms with Crippen LogP contribution in [0.3, 0.4) is 0 Å². The number of carbonyl (C=O) groups is 2. The molecule has 1 fully saturated rings. The molecule has 8 nitrogen and oxygen atoms in total. The van der Waals surface area contributed by atoms with E-state index in [0.717, 1.165) is 11.1 Å². The van der Waals surface area contributed by atoms with Gasteiger partial charge in [-0.2, -0.15) is 0 Å². The van der Waals surface area contributed by atoms with Crippen LogP contribution in [0.4, 0.5) is 17.1 Å². The molecule has 8 heteroatoms. The fourth-order valence-electron chi connectivity index (χ4n) is 3.75. The number of esters is 1. The number of ether oxygens (including phenoxy) is 1. The Hall–Kier alpha value is -3.42. The summed E-state index contributed by atoms with van der Waals surface area (Å²) in [6, 6.07) is 12.3. The molecule has 0 unspecified atom stereocenters. The molecular formula is C23H27N3O5. The lowest BCUT2D eigenvalue weighted by Crippen LogP contribution is -2.39. The second-order valence-corrected chi connectivity index (χ2v) is 7.89. The van der Waals surface area contributed by atoms with E-state index in [1.165, 1.54) is 6.07 Å². The highest BCUT2D eigenvalue weighted by atomic mass is 16.6. The average molecular weight is 425 g/mol. The number of hydrogen-bond acceptors (Lipinski definition) is 6. The van der Waals surface area contributed by atoms with Gasteiger partial charge in [0.25, 0.3) is 11.6 Å². The predicted molar refractivity (Wildman–Crippen MR) is 118 cm³/mol. The number of piperidine rings is 1. The van der Waals surface area contributed by atoms with Crippen LogP contribution in [0.25, 0.3) is 0 Å². The van der Waals surface area contributed by atoms with Crippen LogP contribution in [0.15, 0.2) is 42.5 Å². The van der Waals surface area contributed by atoms with E-state index < -0.39 is 17.0 Å². The summed E-state index contributed by atoms with van der Waals surface area (Å²) in [7, 11) is 0. The van der Waals surface area contributed by atoms with Crippen LogP contribution in [0.1, 0.15) is 30.9 Å².